The van der Waals surface area contributed by atoms with E-state index in [-0.39, 0.29) is 12.1 Å². The second kappa shape index (κ2) is 16.7. The molecule has 11 rings (SSSR count). The Bertz CT molecular complexity index is 1940. The maximum absolute atomic E-state index is 11.4. The number of piperazine rings is 2. The lowest BCUT2D eigenvalue weighted by molar-refractivity contribution is -0.0721. The van der Waals surface area contributed by atoms with Gasteiger partial charge < -0.3 is 10.4 Å². The van der Waals surface area contributed by atoms with Gasteiger partial charge >= 0.3 is 0 Å². The first-order valence-electron chi connectivity index (χ1n) is 23.2. The van der Waals surface area contributed by atoms with Crippen molar-refractivity contribution in [2.24, 2.45) is 23.2 Å². The first-order valence-corrected chi connectivity index (χ1v) is 23.2. The van der Waals surface area contributed by atoms with Gasteiger partial charge in [-0.2, -0.15) is 0 Å². The van der Waals surface area contributed by atoms with Gasteiger partial charge in [0.25, 0.3) is 0 Å². The van der Waals surface area contributed by atoms with Crippen molar-refractivity contribution in [2.75, 3.05) is 65.4 Å². The van der Waals surface area contributed by atoms with Crippen LogP contribution in [-0.2, 0) is 12.8 Å². The number of fused-ring (bicyclic) bond motifs is 2. The molecule has 0 unspecified atom stereocenters. The summed E-state index contributed by atoms with van der Waals surface area (Å²) in [6.45, 7) is 13.2. The molecular formula is C51H69N5O. The summed E-state index contributed by atoms with van der Waals surface area (Å²) in [6, 6.07) is 33.7. The van der Waals surface area contributed by atoms with Gasteiger partial charge in [-0.1, -0.05) is 84.9 Å². The summed E-state index contributed by atoms with van der Waals surface area (Å²) in [5.41, 5.74) is 3.50. The molecule has 5 atom stereocenters. The number of rotatable bonds is 13. The van der Waals surface area contributed by atoms with E-state index in [0.29, 0.717) is 23.5 Å². The van der Waals surface area contributed by atoms with Gasteiger partial charge in [0.05, 0.1) is 6.10 Å². The van der Waals surface area contributed by atoms with Crippen LogP contribution in [0.25, 0.3) is 21.5 Å². The van der Waals surface area contributed by atoms with Crippen molar-refractivity contribution in [3.8, 4) is 0 Å². The molecule has 4 saturated carbocycles. The highest BCUT2D eigenvalue weighted by molar-refractivity contribution is 5.83. The molecule has 4 aromatic rings. The largest absolute Gasteiger partial charge is 0.392 e. The molecule has 2 N–H and O–H groups in total. The Kier molecular flexibility index (Phi) is 11.2. The average molecular weight is 768 g/mol. The lowest BCUT2D eigenvalue weighted by Crippen LogP contribution is -2.62. The maximum atomic E-state index is 11.4. The third kappa shape index (κ3) is 8.47. The van der Waals surface area contributed by atoms with E-state index < -0.39 is 0 Å². The summed E-state index contributed by atoms with van der Waals surface area (Å²) in [4.78, 5) is 11.3. The molecular weight excluding hydrogens is 699 g/mol. The number of likely N-dealkylation sites (tertiary alicyclic amines) is 1. The first-order chi connectivity index (χ1) is 27.9. The fourth-order valence-corrected chi connectivity index (χ4v) is 13.6. The van der Waals surface area contributed by atoms with Crippen LogP contribution in [-0.4, -0.2) is 120 Å². The van der Waals surface area contributed by atoms with Gasteiger partial charge in [0.15, 0.2) is 0 Å². The van der Waals surface area contributed by atoms with Crippen molar-refractivity contribution >= 4 is 21.5 Å². The Morgan fingerprint density at radius 2 is 1.39 bits per heavy atom. The van der Waals surface area contributed by atoms with Gasteiger partial charge in [-0.3, -0.25) is 19.6 Å². The molecule has 3 heterocycles. The van der Waals surface area contributed by atoms with Crippen LogP contribution >= 0.6 is 0 Å². The molecule has 0 amide bonds. The fourth-order valence-electron chi connectivity index (χ4n) is 13.6. The Hall–Kier alpha value is -2.84. The van der Waals surface area contributed by atoms with Gasteiger partial charge in [-0.25, -0.2) is 0 Å². The zero-order chi connectivity index (χ0) is 38.3. The van der Waals surface area contributed by atoms with E-state index in [0.717, 1.165) is 83.0 Å². The topological polar surface area (TPSA) is 45.2 Å². The number of hydrogen-bond acceptors (Lipinski definition) is 6. The molecule has 0 spiro atoms. The molecule has 3 aliphatic heterocycles. The van der Waals surface area contributed by atoms with Gasteiger partial charge in [0.1, 0.15) is 0 Å². The normalized spacial score (nSPS) is 32.4. The highest BCUT2D eigenvalue weighted by atomic mass is 16.3. The predicted molar refractivity (Wildman–Crippen MR) is 236 cm³/mol. The SMILES string of the molecule is C[C@@H](O)[C@@H]1CN([C@H](Cc2ccc3ccccc3c2)CN2CCC[C@H]2CN2CCNC[C@@H]2Cc2ccc3ccccc3c2)CCN1CCC12CC3CC(CC(C3)C1)C2. The van der Waals surface area contributed by atoms with Crippen LogP contribution in [0, 0.1) is 23.2 Å². The van der Waals surface area contributed by atoms with Crippen LogP contribution in [0.1, 0.15) is 75.8 Å². The van der Waals surface area contributed by atoms with Crippen LogP contribution in [0.2, 0.25) is 0 Å². The quantitative estimate of drug-likeness (QED) is 0.145. The van der Waals surface area contributed by atoms with Crippen LogP contribution in [0.15, 0.2) is 84.9 Å². The van der Waals surface area contributed by atoms with E-state index in [1.807, 2.05) is 0 Å². The summed E-state index contributed by atoms with van der Waals surface area (Å²) in [7, 11) is 0. The van der Waals surface area contributed by atoms with Crippen LogP contribution in [0.3, 0.4) is 0 Å². The molecule has 6 nitrogen and oxygen atoms in total. The molecule has 3 saturated heterocycles. The number of hydrogen-bond donors (Lipinski definition) is 2. The second-order valence-corrected chi connectivity index (χ2v) is 20.1. The van der Waals surface area contributed by atoms with E-state index in [4.69, 9.17) is 0 Å². The van der Waals surface area contributed by atoms with Gasteiger partial charge in [0.2, 0.25) is 0 Å². The highest BCUT2D eigenvalue weighted by Crippen LogP contribution is 2.61. The van der Waals surface area contributed by atoms with Crippen LogP contribution < -0.4 is 5.32 Å². The predicted octanol–water partition coefficient (Wildman–Crippen LogP) is 7.86. The third-order valence-electron chi connectivity index (χ3n) is 16.2. The number of benzene rings is 4. The Morgan fingerprint density at radius 1 is 0.719 bits per heavy atom. The van der Waals surface area contributed by atoms with Crippen molar-refractivity contribution in [3.63, 3.8) is 0 Å². The number of nitrogens with one attached hydrogen (secondary N) is 1. The van der Waals surface area contributed by atoms with E-state index in [9.17, 15) is 5.11 Å². The summed E-state index contributed by atoms with van der Waals surface area (Å²) < 4.78 is 0. The summed E-state index contributed by atoms with van der Waals surface area (Å²) >= 11 is 0. The third-order valence-corrected chi connectivity index (χ3v) is 16.2. The molecule has 4 aromatic carbocycles. The highest BCUT2D eigenvalue weighted by Gasteiger charge is 2.51. The molecule has 7 fully saturated rings. The lowest BCUT2D eigenvalue weighted by atomic mass is 9.49. The number of nitrogens with zero attached hydrogens (tertiary/aromatic N) is 4. The Labute approximate surface area is 343 Å². The smallest absolute Gasteiger partial charge is 0.0679 e. The van der Waals surface area contributed by atoms with E-state index in [1.54, 1.807) is 0 Å². The van der Waals surface area contributed by atoms with Gasteiger partial charge in [0, 0.05) is 76.5 Å². The van der Waals surface area contributed by atoms with Crippen LogP contribution in [0.5, 0.6) is 0 Å². The fraction of sp³-hybridized carbons (Fsp3) is 0.608. The molecule has 7 aliphatic rings. The van der Waals surface area contributed by atoms with Crippen molar-refractivity contribution in [2.45, 2.75) is 108 Å². The Balaban J connectivity index is 0.843. The van der Waals surface area contributed by atoms with E-state index in [1.165, 1.54) is 104 Å². The van der Waals surface area contributed by atoms with E-state index >= 15 is 0 Å². The molecule has 6 heteroatoms. The number of aliphatic hydroxyl groups excluding tert-OH is 1. The minimum absolute atomic E-state index is 0.206. The molecule has 0 aromatic heterocycles. The molecule has 4 bridgehead atoms. The number of aliphatic hydroxyl groups is 1. The molecule has 57 heavy (non-hydrogen) atoms. The standard InChI is InChI=1S/C51H69N5O/c1-37(57)50-36-56(22-21-53(50)19-16-51-30-40-23-41(31-51)25-42(24-40)32-51)49(29-39-13-15-44-8-3-5-10-46(44)27-39)35-54-18-6-11-47(54)34-55-20-17-52-33-48(55)28-38-12-14-43-7-2-4-9-45(43)26-38/h2-5,7-10,12-15,26-27,37,40-42,47-50,52,57H,6,11,16-25,28-36H2,1H3/t37-,40?,41?,42?,47+,48+,49-,50+,51?/m1/s1. The summed E-state index contributed by atoms with van der Waals surface area (Å²) in [5, 5.41) is 20.5. The second-order valence-electron chi connectivity index (χ2n) is 20.1. The van der Waals surface area contributed by atoms with E-state index in [2.05, 4.69) is 117 Å². The molecule has 0 radical (unpaired) electrons. The minimum atomic E-state index is -0.322. The van der Waals surface area contributed by atoms with Gasteiger partial charge in [-0.15, -0.1) is 0 Å². The van der Waals surface area contributed by atoms with Crippen molar-refractivity contribution in [1.82, 2.24) is 24.9 Å². The Morgan fingerprint density at radius 3 is 2.09 bits per heavy atom. The van der Waals surface area contributed by atoms with Crippen LogP contribution in [0.4, 0.5) is 0 Å². The molecule has 4 aliphatic carbocycles. The van der Waals surface area contributed by atoms with Crippen molar-refractivity contribution in [3.05, 3.63) is 96.1 Å². The summed E-state index contributed by atoms with van der Waals surface area (Å²) in [5.74, 6) is 3.02. The summed E-state index contributed by atoms with van der Waals surface area (Å²) in [6.07, 6.45) is 14.8. The van der Waals surface area contributed by atoms with Crippen molar-refractivity contribution < 1.29 is 5.11 Å². The van der Waals surface area contributed by atoms with Crippen molar-refractivity contribution in [1.29, 1.82) is 0 Å². The molecule has 304 valence electrons. The van der Waals surface area contributed by atoms with Gasteiger partial charge in [-0.05, 0) is 146 Å². The lowest BCUT2D eigenvalue weighted by Gasteiger charge is -2.57. The zero-order valence-corrected chi connectivity index (χ0v) is 34.8. The minimum Gasteiger partial charge on any atom is -0.392 e. The first kappa shape index (κ1) is 38.4. The monoisotopic (exact) mass is 768 g/mol. The maximum Gasteiger partial charge on any atom is 0.0679 e. The zero-order valence-electron chi connectivity index (χ0n) is 34.8. The average Bonchev–Trinajstić information content (AvgIpc) is 3.66.